The van der Waals surface area contributed by atoms with E-state index in [1.54, 1.807) is 6.07 Å². The highest BCUT2D eigenvalue weighted by Gasteiger charge is 2.30. The van der Waals surface area contributed by atoms with Crippen molar-refractivity contribution in [3.8, 4) is 0 Å². The molecule has 1 aromatic carbocycles. The van der Waals surface area contributed by atoms with E-state index in [0.29, 0.717) is 16.7 Å². The molecule has 1 heterocycles. The summed E-state index contributed by atoms with van der Waals surface area (Å²) in [5.74, 6) is 5.72. The van der Waals surface area contributed by atoms with Gasteiger partial charge in [0.05, 0.1) is 28.8 Å². The lowest BCUT2D eigenvalue weighted by Gasteiger charge is -2.37. The molecule has 0 amide bonds. The Labute approximate surface area is 130 Å². The van der Waals surface area contributed by atoms with Crippen molar-refractivity contribution in [3.05, 3.63) is 33.8 Å². The number of halogens is 2. The van der Waals surface area contributed by atoms with Crippen LogP contribution in [0.15, 0.2) is 18.2 Å². The molecule has 0 aromatic heterocycles. The zero-order chi connectivity index (χ0) is 14.5. The normalized spacial score (nSPS) is 21.9. The number of hydrogen-bond acceptors (Lipinski definition) is 4. The van der Waals surface area contributed by atoms with Crippen LogP contribution in [0, 0.1) is 0 Å². The maximum atomic E-state index is 6.29. The molecule has 20 heavy (non-hydrogen) atoms. The molecule has 112 valence electrons. The first-order valence-electron chi connectivity index (χ1n) is 6.91. The van der Waals surface area contributed by atoms with E-state index in [0.717, 1.165) is 31.6 Å². The number of nitrogens with two attached hydrogens (primary N) is 1. The summed E-state index contributed by atoms with van der Waals surface area (Å²) < 4.78 is 5.87. The van der Waals surface area contributed by atoms with Crippen LogP contribution in [-0.4, -0.2) is 37.2 Å². The first-order chi connectivity index (χ1) is 9.67. The number of benzene rings is 1. The lowest BCUT2D eigenvalue weighted by Crippen LogP contribution is -2.49. The minimum atomic E-state index is -0.166. The highest BCUT2D eigenvalue weighted by Crippen LogP contribution is 2.32. The van der Waals surface area contributed by atoms with Crippen molar-refractivity contribution in [1.82, 2.24) is 10.3 Å². The van der Waals surface area contributed by atoms with E-state index in [1.165, 1.54) is 0 Å². The maximum absolute atomic E-state index is 6.29. The fourth-order valence-electron chi connectivity index (χ4n) is 2.61. The van der Waals surface area contributed by atoms with Crippen molar-refractivity contribution in [2.45, 2.75) is 25.5 Å². The Morgan fingerprint density at radius 3 is 3.00 bits per heavy atom. The predicted octanol–water partition coefficient (Wildman–Crippen LogP) is 2.61. The van der Waals surface area contributed by atoms with E-state index in [2.05, 4.69) is 17.2 Å². The second-order valence-electron chi connectivity index (χ2n) is 5.00. The predicted molar refractivity (Wildman–Crippen MR) is 83.0 cm³/mol. The van der Waals surface area contributed by atoms with Gasteiger partial charge in [0.1, 0.15) is 0 Å². The number of ether oxygens (including phenoxy) is 1. The monoisotopic (exact) mass is 317 g/mol. The van der Waals surface area contributed by atoms with Crippen molar-refractivity contribution < 1.29 is 4.74 Å². The largest absolute Gasteiger partial charge is 0.374 e. The highest BCUT2D eigenvalue weighted by atomic mass is 35.5. The molecule has 2 atom stereocenters. The summed E-state index contributed by atoms with van der Waals surface area (Å²) in [5, 5.41) is 1.07. The summed E-state index contributed by atoms with van der Waals surface area (Å²) in [6, 6.07) is 5.41. The summed E-state index contributed by atoms with van der Waals surface area (Å²) in [7, 11) is 0. The third kappa shape index (κ3) is 3.64. The van der Waals surface area contributed by atoms with Crippen molar-refractivity contribution in [2.75, 3.05) is 26.2 Å². The van der Waals surface area contributed by atoms with Crippen molar-refractivity contribution >= 4 is 23.2 Å². The van der Waals surface area contributed by atoms with E-state index in [4.69, 9.17) is 33.8 Å². The first-order valence-corrected chi connectivity index (χ1v) is 7.67. The van der Waals surface area contributed by atoms with Crippen LogP contribution in [0.3, 0.4) is 0 Å². The quantitative estimate of drug-likeness (QED) is 0.647. The Bertz CT molecular complexity index is 442. The standard InChI is InChI=1S/C14H21Cl2N3O/c1-2-6-19-7-8-20-12(9-19)14(18-17)10-4-3-5-11(15)13(10)16/h3-5,12,14,18H,2,6-9,17H2,1H3. The van der Waals surface area contributed by atoms with Crippen molar-refractivity contribution in [3.63, 3.8) is 0 Å². The second-order valence-corrected chi connectivity index (χ2v) is 5.78. The minimum Gasteiger partial charge on any atom is -0.374 e. The summed E-state index contributed by atoms with van der Waals surface area (Å²) in [5.41, 5.74) is 3.70. The average molecular weight is 318 g/mol. The molecule has 1 fully saturated rings. The van der Waals surface area contributed by atoms with E-state index >= 15 is 0 Å². The molecule has 0 saturated carbocycles. The number of nitrogens with one attached hydrogen (secondary N) is 1. The van der Waals surface area contributed by atoms with Crippen LogP contribution in [0.25, 0.3) is 0 Å². The molecule has 1 saturated heterocycles. The van der Waals surface area contributed by atoms with Gasteiger partial charge in [-0.15, -0.1) is 0 Å². The average Bonchev–Trinajstić information content (AvgIpc) is 2.45. The number of nitrogens with zero attached hydrogens (tertiary/aromatic N) is 1. The summed E-state index contributed by atoms with van der Waals surface area (Å²) in [4.78, 5) is 2.39. The van der Waals surface area contributed by atoms with Gasteiger partial charge in [-0.25, -0.2) is 0 Å². The molecule has 0 aliphatic carbocycles. The topological polar surface area (TPSA) is 50.5 Å². The van der Waals surface area contributed by atoms with Gasteiger partial charge >= 0.3 is 0 Å². The lowest BCUT2D eigenvalue weighted by atomic mass is 10.0. The molecule has 2 rings (SSSR count). The van der Waals surface area contributed by atoms with Crippen LogP contribution in [0.5, 0.6) is 0 Å². The van der Waals surface area contributed by atoms with Gasteiger partial charge in [-0.1, -0.05) is 42.3 Å². The van der Waals surface area contributed by atoms with Gasteiger partial charge in [0.15, 0.2) is 0 Å². The third-order valence-corrected chi connectivity index (χ3v) is 4.42. The summed E-state index contributed by atoms with van der Waals surface area (Å²) >= 11 is 12.4. The SMILES string of the molecule is CCCN1CCOC(C(NN)c2cccc(Cl)c2Cl)C1. The Balaban J connectivity index is 2.17. The molecular formula is C14H21Cl2N3O. The zero-order valence-electron chi connectivity index (χ0n) is 11.6. The van der Waals surface area contributed by atoms with Crippen LogP contribution in [0.1, 0.15) is 24.9 Å². The Kier molecular flexibility index (Phi) is 6.08. The fourth-order valence-corrected chi connectivity index (χ4v) is 3.04. The smallest absolute Gasteiger partial charge is 0.0910 e. The fraction of sp³-hybridized carbons (Fsp3) is 0.571. The molecule has 2 unspecified atom stereocenters. The zero-order valence-corrected chi connectivity index (χ0v) is 13.1. The van der Waals surface area contributed by atoms with Gasteiger partial charge in [-0.2, -0.15) is 0 Å². The van der Waals surface area contributed by atoms with Gasteiger partial charge in [-0.05, 0) is 24.6 Å². The van der Waals surface area contributed by atoms with Crippen LogP contribution in [-0.2, 0) is 4.74 Å². The number of hydrogen-bond donors (Lipinski definition) is 2. The lowest BCUT2D eigenvalue weighted by molar-refractivity contribution is -0.0470. The van der Waals surface area contributed by atoms with Crippen LogP contribution >= 0.6 is 23.2 Å². The number of morpholine rings is 1. The van der Waals surface area contributed by atoms with Gasteiger partial charge < -0.3 is 4.74 Å². The molecule has 4 nitrogen and oxygen atoms in total. The van der Waals surface area contributed by atoms with Crippen molar-refractivity contribution in [2.24, 2.45) is 5.84 Å². The van der Waals surface area contributed by atoms with E-state index in [9.17, 15) is 0 Å². The third-order valence-electron chi connectivity index (χ3n) is 3.59. The molecule has 0 spiro atoms. The van der Waals surface area contributed by atoms with E-state index < -0.39 is 0 Å². The van der Waals surface area contributed by atoms with Crippen molar-refractivity contribution in [1.29, 1.82) is 0 Å². The molecule has 1 aromatic rings. The van der Waals surface area contributed by atoms with Crippen LogP contribution in [0.4, 0.5) is 0 Å². The Morgan fingerprint density at radius 2 is 2.30 bits per heavy atom. The number of hydrazine groups is 1. The van der Waals surface area contributed by atoms with E-state index in [-0.39, 0.29) is 12.1 Å². The maximum Gasteiger partial charge on any atom is 0.0910 e. The first kappa shape index (κ1) is 16.0. The van der Waals surface area contributed by atoms with Crippen LogP contribution in [0.2, 0.25) is 10.0 Å². The second kappa shape index (κ2) is 7.59. The molecule has 3 N–H and O–H groups in total. The van der Waals surface area contributed by atoms with E-state index in [1.807, 2.05) is 12.1 Å². The van der Waals surface area contributed by atoms with Crippen LogP contribution < -0.4 is 11.3 Å². The van der Waals surface area contributed by atoms with Gasteiger partial charge in [0.25, 0.3) is 0 Å². The molecule has 0 radical (unpaired) electrons. The molecule has 1 aliphatic rings. The molecule has 6 heteroatoms. The summed E-state index contributed by atoms with van der Waals surface area (Å²) in [6.45, 7) is 5.76. The minimum absolute atomic E-state index is 0.0312. The van der Waals surface area contributed by atoms with Gasteiger partial charge in [0, 0.05) is 13.1 Å². The molecule has 0 bridgehead atoms. The molecule has 1 aliphatic heterocycles. The highest BCUT2D eigenvalue weighted by molar-refractivity contribution is 6.42. The summed E-state index contributed by atoms with van der Waals surface area (Å²) in [6.07, 6.45) is 1.10. The molecular weight excluding hydrogens is 297 g/mol. The van der Waals surface area contributed by atoms with Gasteiger partial charge in [0.2, 0.25) is 0 Å². The Morgan fingerprint density at radius 1 is 1.50 bits per heavy atom. The number of rotatable bonds is 5. The Hall–Kier alpha value is -0.360. The van der Waals surface area contributed by atoms with Gasteiger partial charge in [-0.3, -0.25) is 16.2 Å².